The molecular weight excluding hydrogens is 226 g/mol. The number of nitrogens with one attached hydrogen (secondary N) is 1. The average molecular weight is 241 g/mol. The second kappa shape index (κ2) is 5.87. The Balaban J connectivity index is 2.01. The first-order valence-electron chi connectivity index (χ1n) is 5.80. The van der Waals surface area contributed by atoms with Gasteiger partial charge in [-0.3, -0.25) is 0 Å². The predicted octanol–water partition coefficient (Wildman–Crippen LogP) is 3.40. The molecular formula is C15H15NO2. The summed E-state index contributed by atoms with van der Waals surface area (Å²) < 4.78 is 5.70. The highest BCUT2D eigenvalue weighted by Gasteiger charge is 1.97. The third kappa shape index (κ3) is 3.35. The number of hydrogen-bond acceptors (Lipinski definition) is 3. The Morgan fingerprint density at radius 2 is 1.56 bits per heavy atom. The molecule has 3 nitrogen and oxygen atoms in total. The molecule has 0 amide bonds. The molecule has 3 heteroatoms. The largest absolute Gasteiger partial charge is 0.457 e. The third-order valence-electron chi connectivity index (χ3n) is 2.50. The molecule has 92 valence electrons. The van der Waals surface area contributed by atoms with Crippen LogP contribution >= 0.6 is 0 Å². The highest BCUT2D eigenvalue weighted by Crippen LogP contribution is 2.23. The van der Waals surface area contributed by atoms with Crippen LogP contribution in [-0.2, 0) is 4.79 Å². The molecule has 0 radical (unpaired) electrons. The van der Waals surface area contributed by atoms with E-state index < -0.39 is 0 Å². The normalized spacial score (nSPS) is 9.83. The lowest BCUT2D eigenvalue weighted by atomic mass is 10.2. The zero-order chi connectivity index (χ0) is 12.8. The van der Waals surface area contributed by atoms with E-state index in [2.05, 4.69) is 5.32 Å². The van der Waals surface area contributed by atoms with Crippen molar-refractivity contribution >= 4 is 12.0 Å². The van der Waals surface area contributed by atoms with Crippen LogP contribution in [0.1, 0.15) is 5.56 Å². The van der Waals surface area contributed by atoms with Crippen LogP contribution in [0.3, 0.4) is 0 Å². The number of benzene rings is 2. The van der Waals surface area contributed by atoms with Crippen molar-refractivity contribution in [2.24, 2.45) is 0 Å². The lowest BCUT2D eigenvalue weighted by molar-refractivity contribution is -0.106. The Bertz CT molecular complexity index is 503. The number of anilines is 1. The van der Waals surface area contributed by atoms with E-state index in [1.54, 1.807) is 0 Å². The molecule has 2 aromatic carbocycles. The van der Waals surface area contributed by atoms with Gasteiger partial charge in [-0.15, -0.1) is 0 Å². The number of carbonyl (C=O) groups excluding carboxylic acids is 1. The van der Waals surface area contributed by atoms with E-state index in [1.807, 2.05) is 55.5 Å². The van der Waals surface area contributed by atoms with Crippen molar-refractivity contribution in [3.63, 3.8) is 0 Å². The number of hydrogen-bond donors (Lipinski definition) is 1. The van der Waals surface area contributed by atoms with E-state index >= 15 is 0 Å². The average Bonchev–Trinajstić information content (AvgIpc) is 2.41. The quantitative estimate of drug-likeness (QED) is 0.815. The summed E-state index contributed by atoms with van der Waals surface area (Å²) in [6.07, 6.45) is 0.830. The zero-order valence-corrected chi connectivity index (χ0v) is 10.2. The lowest BCUT2D eigenvalue weighted by Gasteiger charge is -2.07. The summed E-state index contributed by atoms with van der Waals surface area (Å²) in [4.78, 5) is 10.2. The van der Waals surface area contributed by atoms with Crippen molar-refractivity contribution in [1.29, 1.82) is 0 Å². The van der Waals surface area contributed by atoms with Crippen LogP contribution in [-0.4, -0.2) is 12.8 Å². The van der Waals surface area contributed by atoms with Gasteiger partial charge in [0.25, 0.3) is 0 Å². The highest BCUT2D eigenvalue weighted by atomic mass is 16.5. The molecule has 0 saturated carbocycles. The maximum Gasteiger partial charge on any atom is 0.139 e. The topological polar surface area (TPSA) is 38.3 Å². The van der Waals surface area contributed by atoms with Crippen LogP contribution in [0, 0.1) is 6.92 Å². The van der Waals surface area contributed by atoms with Crippen molar-refractivity contribution < 1.29 is 9.53 Å². The molecule has 0 aromatic heterocycles. The van der Waals surface area contributed by atoms with Gasteiger partial charge in [0.05, 0.1) is 6.54 Å². The molecule has 0 aliphatic carbocycles. The first-order valence-corrected chi connectivity index (χ1v) is 5.80. The van der Waals surface area contributed by atoms with Gasteiger partial charge in [0.15, 0.2) is 0 Å². The molecule has 0 aliphatic heterocycles. The summed E-state index contributed by atoms with van der Waals surface area (Å²) in [6.45, 7) is 2.36. The minimum absolute atomic E-state index is 0.318. The first kappa shape index (κ1) is 12.2. The van der Waals surface area contributed by atoms with E-state index in [0.717, 1.165) is 23.5 Å². The predicted molar refractivity (Wildman–Crippen MR) is 72.2 cm³/mol. The van der Waals surface area contributed by atoms with Gasteiger partial charge in [-0.25, -0.2) is 0 Å². The molecule has 0 heterocycles. The van der Waals surface area contributed by atoms with Crippen molar-refractivity contribution in [3.05, 3.63) is 54.1 Å². The molecule has 0 bridgehead atoms. The fourth-order valence-corrected chi connectivity index (χ4v) is 1.54. The summed E-state index contributed by atoms with van der Waals surface area (Å²) in [5.74, 6) is 1.59. The van der Waals surface area contributed by atoms with E-state index in [0.29, 0.717) is 6.54 Å². The van der Waals surface area contributed by atoms with Gasteiger partial charge in [-0.05, 0) is 43.3 Å². The van der Waals surface area contributed by atoms with Gasteiger partial charge in [0.1, 0.15) is 17.8 Å². The fraction of sp³-hybridized carbons (Fsp3) is 0.133. The number of ether oxygens (including phenoxy) is 1. The van der Waals surface area contributed by atoms with Crippen LogP contribution < -0.4 is 10.1 Å². The standard InChI is InChI=1S/C15H15NO2/c1-12-2-6-14(7-3-12)18-15-8-4-13(5-9-15)16-10-11-17/h2-9,11,16H,10H2,1H3. The first-order chi connectivity index (χ1) is 8.78. The maximum absolute atomic E-state index is 10.2. The summed E-state index contributed by atoms with van der Waals surface area (Å²) in [5.41, 5.74) is 2.11. The highest BCUT2D eigenvalue weighted by molar-refractivity contribution is 5.59. The summed E-state index contributed by atoms with van der Waals surface area (Å²) in [5, 5.41) is 2.97. The Kier molecular flexibility index (Phi) is 3.97. The molecule has 0 aliphatic rings. The zero-order valence-electron chi connectivity index (χ0n) is 10.2. The van der Waals surface area contributed by atoms with Crippen molar-refractivity contribution in [2.75, 3.05) is 11.9 Å². The summed E-state index contributed by atoms with van der Waals surface area (Å²) >= 11 is 0. The molecule has 1 N–H and O–H groups in total. The fourth-order valence-electron chi connectivity index (χ4n) is 1.54. The van der Waals surface area contributed by atoms with Gasteiger partial charge in [0, 0.05) is 5.69 Å². The van der Waals surface area contributed by atoms with Crippen LogP contribution in [0.25, 0.3) is 0 Å². The Labute approximate surface area is 106 Å². The summed E-state index contributed by atoms with van der Waals surface area (Å²) in [7, 11) is 0. The Morgan fingerprint density at radius 1 is 1.00 bits per heavy atom. The minimum atomic E-state index is 0.318. The van der Waals surface area contributed by atoms with Crippen molar-refractivity contribution in [2.45, 2.75) is 6.92 Å². The third-order valence-corrected chi connectivity index (χ3v) is 2.50. The van der Waals surface area contributed by atoms with Crippen molar-refractivity contribution in [3.8, 4) is 11.5 Å². The molecule has 0 fully saturated rings. The number of carbonyl (C=O) groups is 1. The number of rotatable bonds is 5. The Hall–Kier alpha value is -2.29. The Morgan fingerprint density at radius 3 is 2.11 bits per heavy atom. The molecule has 2 aromatic rings. The van der Waals surface area contributed by atoms with Crippen molar-refractivity contribution in [1.82, 2.24) is 0 Å². The number of aldehydes is 1. The second-order valence-corrected chi connectivity index (χ2v) is 3.99. The van der Waals surface area contributed by atoms with E-state index in [1.165, 1.54) is 5.56 Å². The van der Waals surface area contributed by atoms with Crippen LogP contribution in [0.4, 0.5) is 5.69 Å². The van der Waals surface area contributed by atoms with E-state index in [-0.39, 0.29) is 0 Å². The van der Waals surface area contributed by atoms with Gasteiger partial charge in [-0.1, -0.05) is 17.7 Å². The second-order valence-electron chi connectivity index (χ2n) is 3.99. The lowest BCUT2D eigenvalue weighted by Crippen LogP contribution is -2.01. The minimum Gasteiger partial charge on any atom is -0.457 e. The van der Waals surface area contributed by atoms with E-state index in [9.17, 15) is 4.79 Å². The molecule has 0 unspecified atom stereocenters. The smallest absolute Gasteiger partial charge is 0.139 e. The summed E-state index contributed by atoms with van der Waals surface area (Å²) in [6, 6.07) is 15.4. The van der Waals surface area contributed by atoms with Crippen LogP contribution in [0.2, 0.25) is 0 Å². The van der Waals surface area contributed by atoms with Gasteiger partial charge in [-0.2, -0.15) is 0 Å². The van der Waals surface area contributed by atoms with Crippen LogP contribution in [0.5, 0.6) is 11.5 Å². The SMILES string of the molecule is Cc1ccc(Oc2ccc(NCC=O)cc2)cc1. The van der Waals surface area contributed by atoms with Crippen LogP contribution in [0.15, 0.2) is 48.5 Å². The molecule has 2 rings (SSSR count). The van der Waals surface area contributed by atoms with Gasteiger partial charge in [0.2, 0.25) is 0 Å². The van der Waals surface area contributed by atoms with E-state index in [4.69, 9.17) is 4.74 Å². The number of aryl methyl sites for hydroxylation is 1. The molecule has 0 spiro atoms. The maximum atomic E-state index is 10.2. The molecule has 0 saturated heterocycles. The van der Waals surface area contributed by atoms with Gasteiger partial charge >= 0.3 is 0 Å². The molecule has 0 atom stereocenters. The monoisotopic (exact) mass is 241 g/mol. The molecule has 18 heavy (non-hydrogen) atoms. The van der Waals surface area contributed by atoms with Gasteiger partial charge < -0.3 is 14.8 Å².